The Balaban J connectivity index is 3.54. The molecule has 0 amide bonds. The second-order valence-electron chi connectivity index (χ2n) is 4.83. The molecule has 0 radical (unpaired) electrons. The second-order valence-corrected chi connectivity index (χ2v) is 6.11. The third-order valence-corrected chi connectivity index (χ3v) is 4.26. The molecule has 0 rings (SSSR count). The number of aliphatic hydroxyl groups is 1. The summed E-state index contributed by atoms with van der Waals surface area (Å²) in [5.41, 5.74) is 0. The zero-order chi connectivity index (χ0) is 12.2. The van der Waals surface area contributed by atoms with Crippen LogP contribution >= 0.6 is 22.6 Å². The summed E-state index contributed by atoms with van der Waals surface area (Å²) in [4.78, 5) is 0. The van der Waals surface area contributed by atoms with Gasteiger partial charge in [0.05, 0.1) is 0 Å². The van der Waals surface area contributed by atoms with Gasteiger partial charge in [0, 0.05) is 0 Å². The molecular formula is C14H29IO. The summed E-state index contributed by atoms with van der Waals surface area (Å²) < 4.78 is -0.138. The Labute approximate surface area is 116 Å². The van der Waals surface area contributed by atoms with Crippen LogP contribution in [0.1, 0.15) is 78.1 Å². The van der Waals surface area contributed by atoms with Gasteiger partial charge in [0.2, 0.25) is 0 Å². The number of aliphatic hydroxyl groups excluding tert-OH is 1. The lowest BCUT2D eigenvalue weighted by molar-refractivity contribution is 0.186. The molecule has 98 valence electrons. The largest absolute Gasteiger partial charge is 0.382 e. The van der Waals surface area contributed by atoms with Crippen molar-refractivity contribution in [2.45, 2.75) is 82.2 Å². The zero-order valence-electron chi connectivity index (χ0n) is 11.1. The molecule has 0 heterocycles. The number of unbranched alkanes of at least 4 members (excludes halogenated alkanes) is 6. The van der Waals surface area contributed by atoms with Crippen LogP contribution in [0.4, 0.5) is 0 Å². The number of hydrogen-bond donors (Lipinski definition) is 1. The molecule has 2 heteroatoms. The Hall–Kier alpha value is 0.690. The lowest BCUT2D eigenvalue weighted by Crippen LogP contribution is -2.13. The van der Waals surface area contributed by atoms with Gasteiger partial charge in [0.1, 0.15) is 4.11 Å². The van der Waals surface area contributed by atoms with Crippen molar-refractivity contribution in [3.8, 4) is 0 Å². The van der Waals surface area contributed by atoms with Crippen molar-refractivity contribution in [3.05, 3.63) is 0 Å². The highest BCUT2D eigenvalue weighted by Crippen LogP contribution is 2.24. The summed E-state index contributed by atoms with van der Waals surface area (Å²) in [5, 5.41) is 9.71. The van der Waals surface area contributed by atoms with Gasteiger partial charge in [-0.25, -0.2) is 0 Å². The van der Waals surface area contributed by atoms with Crippen molar-refractivity contribution in [1.82, 2.24) is 0 Å². The fourth-order valence-electron chi connectivity index (χ4n) is 2.09. The minimum absolute atomic E-state index is 0.138. The highest BCUT2D eigenvalue weighted by Gasteiger charge is 2.15. The first-order valence-electron chi connectivity index (χ1n) is 7.04. The van der Waals surface area contributed by atoms with Gasteiger partial charge in [-0.1, -0.05) is 87.8 Å². The summed E-state index contributed by atoms with van der Waals surface area (Å²) in [7, 11) is 0. The van der Waals surface area contributed by atoms with E-state index in [2.05, 4.69) is 36.4 Å². The van der Waals surface area contributed by atoms with E-state index >= 15 is 0 Å². The molecule has 16 heavy (non-hydrogen) atoms. The molecular weight excluding hydrogens is 311 g/mol. The van der Waals surface area contributed by atoms with Crippen molar-refractivity contribution in [3.63, 3.8) is 0 Å². The highest BCUT2D eigenvalue weighted by molar-refractivity contribution is 14.1. The molecule has 0 spiro atoms. The number of rotatable bonds is 11. The van der Waals surface area contributed by atoms with Gasteiger partial charge in [-0.3, -0.25) is 0 Å². The summed E-state index contributed by atoms with van der Waals surface area (Å²) >= 11 is 2.18. The molecule has 1 nitrogen and oxygen atoms in total. The predicted molar refractivity (Wildman–Crippen MR) is 81.0 cm³/mol. The Morgan fingerprint density at radius 3 is 1.56 bits per heavy atom. The van der Waals surface area contributed by atoms with E-state index in [-0.39, 0.29) is 4.11 Å². The third kappa shape index (κ3) is 9.88. The maximum atomic E-state index is 9.71. The standard InChI is InChI=1S/C14H29IO/c1-3-5-7-9-11-13(14(15)16)12-10-8-6-4-2/h13-14,16H,3-12H2,1-2H3. The van der Waals surface area contributed by atoms with E-state index < -0.39 is 0 Å². The first kappa shape index (κ1) is 16.7. The quantitative estimate of drug-likeness (QED) is 0.307. The average Bonchev–Trinajstić information content (AvgIpc) is 2.26. The molecule has 0 aromatic heterocycles. The maximum Gasteiger partial charge on any atom is 0.108 e. The number of halogens is 1. The number of hydrogen-bond acceptors (Lipinski definition) is 1. The van der Waals surface area contributed by atoms with Gasteiger partial charge in [-0.15, -0.1) is 0 Å². The molecule has 1 atom stereocenters. The Kier molecular flexibility index (Phi) is 12.7. The lowest BCUT2D eigenvalue weighted by Gasteiger charge is -2.18. The fourth-order valence-corrected chi connectivity index (χ4v) is 2.81. The smallest absolute Gasteiger partial charge is 0.108 e. The van der Waals surface area contributed by atoms with Gasteiger partial charge in [-0.2, -0.15) is 0 Å². The minimum Gasteiger partial charge on any atom is -0.382 e. The van der Waals surface area contributed by atoms with Crippen LogP contribution in [0.3, 0.4) is 0 Å². The van der Waals surface area contributed by atoms with E-state index in [0.717, 1.165) is 0 Å². The first-order chi connectivity index (χ1) is 7.72. The van der Waals surface area contributed by atoms with Crippen LogP contribution in [0.2, 0.25) is 0 Å². The molecule has 0 aliphatic rings. The molecule has 0 aliphatic carbocycles. The normalized spacial score (nSPS) is 13.3. The highest BCUT2D eigenvalue weighted by atomic mass is 127. The maximum absolute atomic E-state index is 9.71. The molecule has 0 saturated heterocycles. The van der Waals surface area contributed by atoms with E-state index in [0.29, 0.717) is 5.92 Å². The molecule has 0 bridgehead atoms. The van der Waals surface area contributed by atoms with Gasteiger partial charge < -0.3 is 5.11 Å². The Bertz CT molecular complexity index is 125. The van der Waals surface area contributed by atoms with E-state index in [1.807, 2.05) is 0 Å². The molecule has 1 unspecified atom stereocenters. The second kappa shape index (κ2) is 12.2. The summed E-state index contributed by atoms with van der Waals surface area (Å²) in [6.45, 7) is 4.49. The SMILES string of the molecule is CCCCCCC(CCCCCC)C(O)I. The van der Waals surface area contributed by atoms with Crippen LogP contribution in [-0.2, 0) is 0 Å². The molecule has 0 aromatic rings. The van der Waals surface area contributed by atoms with Crippen molar-refractivity contribution in [2.24, 2.45) is 5.92 Å². The van der Waals surface area contributed by atoms with Gasteiger partial charge in [0.15, 0.2) is 0 Å². The topological polar surface area (TPSA) is 20.2 Å². The monoisotopic (exact) mass is 340 g/mol. The van der Waals surface area contributed by atoms with Crippen molar-refractivity contribution < 1.29 is 5.11 Å². The van der Waals surface area contributed by atoms with Crippen molar-refractivity contribution in [1.29, 1.82) is 0 Å². The van der Waals surface area contributed by atoms with Crippen molar-refractivity contribution >= 4 is 22.6 Å². The molecule has 0 aromatic carbocycles. The predicted octanol–water partition coefficient (Wildman–Crippen LogP) is 5.30. The lowest BCUT2D eigenvalue weighted by atomic mass is 9.95. The average molecular weight is 340 g/mol. The summed E-state index contributed by atoms with van der Waals surface area (Å²) in [5.74, 6) is 0.536. The Morgan fingerprint density at radius 2 is 1.25 bits per heavy atom. The van der Waals surface area contributed by atoms with Crippen LogP contribution in [0.25, 0.3) is 0 Å². The molecule has 0 aliphatic heterocycles. The van der Waals surface area contributed by atoms with E-state index in [4.69, 9.17) is 0 Å². The van der Waals surface area contributed by atoms with Crippen LogP contribution in [0.15, 0.2) is 0 Å². The van der Waals surface area contributed by atoms with Crippen molar-refractivity contribution in [2.75, 3.05) is 0 Å². The minimum atomic E-state index is -0.138. The van der Waals surface area contributed by atoms with Gasteiger partial charge in [-0.05, 0) is 18.8 Å². The third-order valence-electron chi connectivity index (χ3n) is 3.25. The van der Waals surface area contributed by atoms with E-state index in [9.17, 15) is 5.11 Å². The van der Waals surface area contributed by atoms with E-state index in [1.165, 1.54) is 64.2 Å². The summed E-state index contributed by atoms with van der Waals surface area (Å²) in [6, 6.07) is 0. The molecule has 1 N–H and O–H groups in total. The zero-order valence-corrected chi connectivity index (χ0v) is 13.2. The summed E-state index contributed by atoms with van der Waals surface area (Å²) in [6.07, 6.45) is 13.0. The Morgan fingerprint density at radius 1 is 0.812 bits per heavy atom. The molecule has 0 fully saturated rings. The molecule has 0 saturated carbocycles. The van der Waals surface area contributed by atoms with Crippen LogP contribution in [0.5, 0.6) is 0 Å². The van der Waals surface area contributed by atoms with Gasteiger partial charge >= 0.3 is 0 Å². The van der Waals surface area contributed by atoms with Crippen LogP contribution in [-0.4, -0.2) is 9.22 Å². The van der Waals surface area contributed by atoms with Crippen LogP contribution < -0.4 is 0 Å². The fraction of sp³-hybridized carbons (Fsp3) is 1.00. The van der Waals surface area contributed by atoms with Gasteiger partial charge in [0.25, 0.3) is 0 Å². The number of alkyl halides is 1. The first-order valence-corrected chi connectivity index (χ1v) is 8.29. The van der Waals surface area contributed by atoms with Crippen LogP contribution in [0, 0.1) is 5.92 Å². The van der Waals surface area contributed by atoms with E-state index in [1.54, 1.807) is 0 Å².